The summed E-state index contributed by atoms with van der Waals surface area (Å²) in [5.41, 5.74) is 0.151. The number of hydrogen-bond acceptors (Lipinski definition) is 5. The maximum absolute atomic E-state index is 13.7. The number of rotatable bonds is 4. The van der Waals surface area contributed by atoms with Crippen molar-refractivity contribution in [1.82, 2.24) is 4.98 Å². The number of nitrogens with zero attached hydrogens (tertiary/aromatic N) is 1. The predicted octanol–water partition coefficient (Wildman–Crippen LogP) is 3.48. The summed E-state index contributed by atoms with van der Waals surface area (Å²) in [6, 6.07) is 1.55. The number of halogens is 3. The number of nitrogens with one attached hydrogen (secondary N) is 1. The maximum Gasteiger partial charge on any atom is 0.309 e. The van der Waals surface area contributed by atoms with Gasteiger partial charge < -0.3 is 4.74 Å². The Bertz CT molecular complexity index is 869. The number of ether oxygens (including phenoxy) is 1. The van der Waals surface area contributed by atoms with Crippen LogP contribution in [-0.2, 0) is 22.4 Å². The molecular formula is C17H15F3N2O3S. The third-order valence-corrected chi connectivity index (χ3v) is 5.10. The van der Waals surface area contributed by atoms with Crippen LogP contribution in [0.2, 0.25) is 0 Å². The van der Waals surface area contributed by atoms with Crippen molar-refractivity contribution in [3.63, 3.8) is 0 Å². The fourth-order valence-electron chi connectivity index (χ4n) is 2.76. The molecule has 9 heteroatoms. The van der Waals surface area contributed by atoms with Gasteiger partial charge in [0, 0.05) is 4.88 Å². The molecule has 1 amide bonds. The second-order valence-corrected chi connectivity index (χ2v) is 6.84. The molecule has 2 aromatic rings. The number of amides is 1. The third kappa shape index (κ3) is 3.57. The standard InChI is InChI=1S/C17H15F3N2O3S/c1-2-25-16(24)8-3-6-11-12(7-8)26-17(21-11)22-15(23)9-4-5-10(18)14(20)13(9)19/h4-5,8H,2-3,6-7H2,1H3,(H,21,22,23). The molecule has 5 nitrogen and oxygen atoms in total. The van der Waals surface area contributed by atoms with Crippen LogP contribution >= 0.6 is 11.3 Å². The van der Waals surface area contributed by atoms with Crippen molar-refractivity contribution < 1.29 is 27.5 Å². The van der Waals surface area contributed by atoms with Gasteiger partial charge in [-0.25, -0.2) is 18.2 Å². The average molecular weight is 384 g/mol. The van der Waals surface area contributed by atoms with Gasteiger partial charge in [0.05, 0.1) is 23.8 Å². The quantitative estimate of drug-likeness (QED) is 0.647. The van der Waals surface area contributed by atoms with E-state index in [2.05, 4.69) is 10.3 Å². The highest BCUT2D eigenvalue weighted by Gasteiger charge is 2.29. The SMILES string of the molecule is CCOC(=O)C1CCc2nc(NC(=O)c3ccc(F)c(F)c3F)sc2C1. The predicted molar refractivity (Wildman–Crippen MR) is 88.5 cm³/mol. The number of carbonyl (C=O) groups excluding carboxylic acids is 2. The lowest BCUT2D eigenvalue weighted by atomic mass is 9.91. The number of fused-ring (bicyclic) bond motifs is 1. The van der Waals surface area contributed by atoms with E-state index in [0.717, 1.165) is 16.6 Å². The maximum atomic E-state index is 13.7. The number of thiazole rings is 1. The van der Waals surface area contributed by atoms with Gasteiger partial charge in [0.25, 0.3) is 5.91 Å². The molecule has 0 spiro atoms. The van der Waals surface area contributed by atoms with Crippen molar-refractivity contribution >= 4 is 28.3 Å². The Balaban J connectivity index is 1.74. The van der Waals surface area contributed by atoms with E-state index in [9.17, 15) is 22.8 Å². The van der Waals surface area contributed by atoms with E-state index in [1.54, 1.807) is 6.92 Å². The lowest BCUT2D eigenvalue weighted by Crippen LogP contribution is -2.24. The minimum Gasteiger partial charge on any atom is -0.466 e. The Morgan fingerprint density at radius 3 is 2.81 bits per heavy atom. The van der Waals surface area contributed by atoms with Crippen LogP contribution < -0.4 is 5.32 Å². The molecule has 0 radical (unpaired) electrons. The molecule has 1 aliphatic rings. The van der Waals surface area contributed by atoms with Crippen LogP contribution in [0.1, 0.15) is 34.3 Å². The highest BCUT2D eigenvalue weighted by Crippen LogP contribution is 2.33. The highest BCUT2D eigenvalue weighted by molar-refractivity contribution is 7.15. The average Bonchev–Trinajstić information content (AvgIpc) is 3.01. The van der Waals surface area contributed by atoms with Crippen LogP contribution in [0, 0.1) is 23.4 Å². The Labute approximate surface area is 151 Å². The van der Waals surface area contributed by atoms with Crippen molar-refractivity contribution in [1.29, 1.82) is 0 Å². The van der Waals surface area contributed by atoms with Gasteiger partial charge in [-0.2, -0.15) is 0 Å². The first-order chi connectivity index (χ1) is 12.4. The molecule has 0 saturated carbocycles. The summed E-state index contributed by atoms with van der Waals surface area (Å²) in [5, 5.41) is 2.61. The van der Waals surface area contributed by atoms with Gasteiger partial charge in [-0.1, -0.05) is 0 Å². The molecular weight excluding hydrogens is 369 g/mol. The van der Waals surface area contributed by atoms with E-state index < -0.39 is 28.9 Å². The molecule has 1 aliphatic carbocycles. The van der Waals surface area contributed by atoms with Gasteiger partial charge in [-0.3, -0.25) is 14.9 Å². The van der Waals surface area contributed by atoms with E-state index in [-0.39, 0.29) is 17.0 Å². The molecule has 1 aromatic heterocycles. The zero-order valence-electron chi connectivity index (χ0n) is 13.8. The summed E-state index contributed by atoms with van der Waals surface area (Å²) >= 11 is 1.17. The molecule has 0 saturated heterocycles. The van der Waals surface area contributed by atoms with Gasteiger partial charge in [0.1, 0.15) is 0 Å². The fourth-order valence-corrected chi connectivity index (χ4v) is 3.84. The highest BCUT2D eigenvalue weighted by atomic mass is 32.1. The number of carbonyl (C=O) groups is 2. The summed E-state index contributed by atoms with van der Waals surface area (Å²) in [5.74, 6) is -6.06. The van der Waals surface area contributed by atoms with Gasteiger partial charge in [-0.05, 0) is 38.3 Å². The second kappa shape index (κ2) is 7.45. The summed E-state index contributed by atoms with van der Waals surface area (Å²) in [6.45, 7) is 2.05. The van der Waals surface area contributed by atoms with Crippen LogP contribution in [0.5, 0.6) is 0 Å². The Hall–Kier alpha value is -2.42. The Morgan fingerprint density at radius 1 is 1.31 bits per heavy atom. The first-order valence-electron chi connectivity index (χ1n) is 8.00. The van der Waals surface area contributed by atoms with Crippen molar-refractivity contribution in [3.8, 4) is 0 Å². The molecule has 0 bridgehead atoms. The van der Waals surface area contributed by atoms with Gasteiger partial charge in [0.15, 0.2) is 22.6 Å². The molecule has 0 aliphatic heterocycles. The summed E-state index contributed by atoms with van der Waals surface area (Å²) in [7, 11) is 0. The van der Waals surface area contributed by atoms with Crippen LogP contribution in [0.4, 0.5) is 18.3 Å². The summed E-state index contributed by atoms with van der Waals surface area (Å²) < 4.78 is 45.0. The zero-order valence-corrected chi connectivity index (χ0v) is 14.6. The molecule has 0 fully saturated rings. The van der Waals surface area contributed by atoms with Crippen molar-refractivity contribution in [3.05, 3.63) is 45.7 Å². The Kier molecular flexibility index (Phi) is 5.26. The molecule has 1 unspecified atom stereocenters. The third-order valence-electron chi connectivity index (χ3n) is 4.06. The zero-order chi connectivity index (χ0) is 18.8. The molecule has 26 heavy (non-hydrogen) atoms. The number of aryl methyl sites for hydroxylation is 1. The van der Waals surface area contributed by atoms with Gasteiger partial charge >= 0.3 is 5.97 Å². The lowest BCUT2D eigenvalue weighted by Gasteiger charge is -2.18. The van der Waals surface area contributed by atoms with Crippen LogP contribution in [0.3, 0.4) is 0 Å². The van der Waals surface area contributed by atoms with Crippen LogP contribution in [-0.4, -0.2) is 23.5 Å². The topological polar surface area (TPSA) is 68.3 Å². The van der Waals surface area contributed by atoms with E-state index >= 15 is 0 Å². The number of anilines is 1. The number of aromatic nitrogens is 1. The normalized spacial score (nSPS) is 16.1. The summed E-state index contributed by atoms with van der Waals surface area (Å²) in [4.78, 5) is 29.1. The number of esters is 1. The second-order valence-electron chi connectivity index (χ2n) is 5.76. The fraction of sp³-hybridized carbons (Fsp3) is 0.353. The molecule has 1 atom stereocenters. The monoisotopic (exact) mass is 384 g/mol. The number of benzene rings is 1. The Morgan fingerprint density at radius 2 is 2.08 bits per heavy atom. The number of hydrogen-bond donors (Lipinski definition) is 1. The van der Waals surface area contributed by atoms with E-state index in [1.165, 1.54) is 11.3 Å². The molecule has 1 aromatic carbocycles. The molecule has 1 N–H and O–H groups in total. The molecule has 138 valence electrons. The van der Waals surface area contributed by atoms with E-state index in [1.807, 2.05) is 0 Å². The smallest absolute Gasteiger partial charge is 0.309 e. The molecule has 3 rings (SSSR count). The van der Waals surface area contributed by atoms with Crippen molar-refractivity contribution in [2.24, 2.45) is 5.92 Å². The summed E-state index contributed by atoms with van der Waals surface area (Å²) in [6.07, 6.45) is 1.62. The minimum absolute atomic E-state index is 0.216. The van der Waals surface area contributed by atoms with Crippen molar-refractivity contribution in [2.75, 3.05) is 11.9 Å². The largest absolute Gasteiger partial charge is 0.466 e. The minimum atomic E-state index is -1.70. The van der Waals surface area contributed by atoms with Gasteiger partial charge in [-0.15, -0.1) is 11.3 Å². The van der Waals surface area contributed by atoms with Crippen molar-refractivity contribution in [2.45, 2.75) is 26.2 Å². The van der Waals surface area contributed by atoms with Crippen LogP contribution in [0.25, 0.3) is 0 Å². The lowest BCUT2D eigenvalue weighted by molar-refractivity contribution is -0.148. The van der Waals surface area contributed by atoms with E-state index in [4.69, 9.17) is 4.74 Å². The first kappa shape index (κ1) is 18.4. The first-order valence-corrected chi connectivity index (χ1v) is 8.82. The van der Waals surface area contributed by atoms with Crippen LogP contribution in [0.15, 0.2) is 12.1 Å². The molecule has 1 heterocycles. The van der Waals surface area contributed by atoms with Gasteiger partial charge in [0.2, 0.25) is 0 Å². The van der Waals surface area contributed by atoms with E-state index in [0.29, 0.717) is 31.9 Å².